The maximum absolute atomic E-state index is 12.1. The second kappa shape index (κ2) is 6.75. The molecular formula is C17H19NO3S. The fourth-order valence-electron chi connectivity index (χ4n) is 2.17. The Morgan fingerprint density at radius 3 is 2.18 bits per heavy atom. The number of carbonyl (C=O) groups is 1. The summed E-state index contributed by atoms with van der Waals surface area (Å²) in [6.45, 7) is 2.07. The summed E-state index contributed by atoms with van der Waals surface area (Å²) in [6, 6.07) is 14.2. The fourth-order valence-corrected chi connectivity index (χ4v) is 3.01. The van der Waals surface area contributed by atoms with E-state index in [1.165, 1.54) is 11.6 Å². The molecule has 2 aromatic carbocycles. The predicted molar refractivity (Wildman–Crippen MR) is 87.7 cm³/mol. The van der Waals surface area contributed by atoms with Crippen molar-refractivity contribution in [3.8, 4) is 0 Å². The number of amides is 1. The SMILES string of the molecule is CCc1ccc(CC(=O)Nc2ccccc2S(C)(=O)=O)cc1. The number of sulfone groups is 1. The molecule has 1 amide bonds. The molecule has 0 saturated carbocycles. The number of nitrogens with one attached hydrogen (secondary N) is 1. The zero-order valence-electron chi connectivity index (χ0n) is 12.7. The quantitative estimate of drug-likeness (QED) is 0.922. The smallest absolute Gasteiger partial charge is 0.228 e. The molecule has 0 radical (unpaired) electrons. The molecule has 0 unspecified atom stereocenters. The Kier molecular flexibility index (Phi) is 4.98. The Morgan fingerprint density at radius 1 is 1.00 bits per heavy atom. The van der Waals surface area contributed by atoms with Crippen LogP contribution in [0.5, 0.6) is 0 Å². The van der Waals surface area contributed by atoms with Crippen LogP contribution in [0.4, 0.5) is 5.69 Å². The Balaban J connectivity index is 2.12. The lowest BCUT2D eigenvalue weighted by Gasteiger charge is -2.10. The number of anilines is 1. The first kappa shape index (κ1) is 16.2. The summed E-state index contributed by atoms with van der Waals surface area (Å²) in [5, 5.41) is 2.68. The zero-order valence-corrected chi connectivity index (χ0v) is 13.5. The lowest BCUT2D eigenvalue weighted by Crippen LogP contribution is -2.16. The van der Waals surface area contributed by atoms with Gasteiger partial charge in [0.25, 0.3) is 0 Å². The highest BCUT2D eigenvalue weighted by atomic mass is 32.2. The molecule has 22 heavy (non-hydrogen) atoms. The van der Waals surface area contributed by atoms with Crippen molar-refractivity contribution in [2.24, 2.45) is 0 Å². The van der Waals surface area contributed by atoms with Crippen LogP contribution in [-0.2, 0) is 27.5 Å². The zero-order chi connectivity index (χ0) is 16.2. The average molecular weight is 317 g/mol. The summed E-state index contributed by atoms with van der Waals surface area (Å²) >= 11 is 0. The number of aryl methyl sites for hydroxylation is 1. The largest absolute Gasteiger partial charge is 0.325 e. The second-order valence-electron chi connectivity index (χ2n) is 5.16. The Bertz CT molecular complexity index is 765. The fraction of sp³-hybridized carbons (Fsp3) is 0.235. The summed E-state index contributed by atoms with van der Waals surface area (Å²) in [4.78, 5) is 12.2. The van der Waals surface area contributed by atoms with Crippen molar-refractivity contribution < 1.29 is 13.2 Å². The molecule has 0 aromatic heterocycles. The second-order valence-corrected chi connectivity index (χ2v) is 7.15. The van der Waals surface area contributed by atoms with Crippen LogP contribution in [0.25, 0.3) is 0 Å². The van der Waals surface area contributed by atoms with Crippen molar-refractivity contribution in [3.05, 3.63) is 59.7 Å². The minimum Gasteiger partial charge on any atom is -0.325 e. The maximum Gasteiger partial charge on any atom is 0.228 e. The third kappa shape index (κ3) is 4.18. The van der Waals surface area contributed by atoms with Crippen LogP contribution in [0.1, 0.15) is 18.1 Å². The van der Waals surface area contributed by atoms with Crippen LogP contribution in [0.2, 0.25) is 0 Å². The summed E-state index contributed by atoms with van der Waals surface area (Å²) in [5.41, 5.74) is 2.43. The van der Waals surface area contributed by atoms with Gasteiger partial charge in [-0.25, -0.2) is 8.42 Å². The van der Waals surface area contributed by atoms with Crippen molar-refractivity contribution in [1.82, 2.24) is 0 Å². The van der Waals surface area contributed by atoms with E-state index in [4.69, 9.17) is 0 Å². The Morgan fingerprint density at radius 2 is 1.59 bits per heavy atom. The van der Waals surface area contributed by atoms with Gasteiger partial charge < -0.3 is 5.32 Å². The minimum atomic E-state index is -3.38. The van der Waals surface area contributed by atoms with Crippen molar-refractivity contribution in [3.63, 3.8) is 0 Å². The van der Waals surface area contributed by atoms with Crippen LogP contribution in [0, 0.1) is 0 Å². The molecule has 0 spiro atoms. The van der Waals surface area contributed by atoms with E-state index >= 15 is 0 Å². The molecule has 0 heterocycles. The molecule has 0 atom stereocenters. The highest BCUT2D eigenvalue weighted by Gasteiger charge is 2.14. The topological polar surface area (TPSA) is 63.2 Å². The number of rotatable bonds is 5. The first-order chi connectivity index (χ1) is 10.4. The molecule has 0 saturated heterocycles. The van der Waals surface area contributed by atoms with Gasteiger partial charge in [-0.15, -0.1) is 0 Å². The molecule has 1 N–H and O–H groups in total. The normalized spacial score (nSPS) is 11.2. The summed E-state index contributed by atoms with van der Waals surface area (Å²) in [6.07, 6.45) is 2.29. The molecule has 0 aliphatic carbocycles. The standard InChI is InChI=1S/C17H19NO3S/c1-3-13-8-10-14(11-9-13)12-17(19)18-15-6-4-5-7-16(15)22(2,20)21/h4-11H,3,12H2,1-2H3,(H,18,19). The van der Waals surface area contributed by atoms with Crippen molar-refractivity contribution in [2.75, 3.05) is 11.6 Å². The maximum atomic E-state index is 12.1. The summed E-state index contributed by atoms with van der Waals surface area (Å²) < 4.78 is 23.4. The van der Waals surface area contributed by atoms with Crippen molar-refractivity contribution in [2.45, 2.75) is 24.7 Å². The minimum absolute atomic E-state index is 0.129. The van der Waals surface area contributed by atoms with Gasteiger partial charge in [0.05, 0.1) is 17.0 Å². The molecule has 116 valence electrons. The van der Waals surface area contributed by atoms with Crippen LogP contribution in [-0.4, -0.2) is 20.6 Å². The molecule has 4 nitrogen and oxygen atoms in total. The van der Waals surface area contributed by atoms with Crippen molar-refractivity contribution >= 4 is 21.4 Å². The molecule has 0 aliphatic heterocycles. The number of hydrogen-bond acceptors (Lipinski definition) is 3. The Hall–Kier alpha value is -2.14. The van der Waals surface area contributed by atoms with Gasteiger partial charge in [0.2, 0.25) is 5.91 Å². The van der Waals surface area contributed by atoms with Gasteiger partial charge in [0, 0.05) is 6.26 Å². The van der Waals surface area contributed by atoms with E-state index in [2.05, 4.69) is 12.2 Å². The van der Waals surface area contributed by atoms with E-state index in [1.54, 1.807) is 18.2 Å². The Labute approximate surface area is 131 Å². The molecule has 2 rings (SSSR count). The third-order valence-corrected chi connectivity index (χ3v) is 4.51. The van der Waals surface area contributed by atoms with Gasteiger partial charge in [-0.2, -0.15) is 0 Å². The van der Waals surface area contributed by atoms with E-state index in [1.807, 2.05) is 24.3 Å². The molecular weight excluding hydrogens is 298 g/mol. The van der Waals surface area contributed by atoms with Gasteiger partial charge in [0.1, 0.15) is 0 Å². The van der Waals surface area contributed by atoms with Gasteiger partial charge in [-0.05, 0) is 29.7 Å². The van der Waals surface area contributed by atoms with Gasteiger partial charge in [-0.1, -0.05) is 43.3 Å². The van der Waals surface area contributed by atoms with Crippen LogP contribution < -0.4 is 5.32 Å². The number of benzene rings is 2. The van der Waals surface area contributed by atoms with E-state index in [9.17, 15) is 13.2 Å². The molecule has 0 aliphatic rings. The lowest BCUT2D eigenvalue weighted by atomic mass is 10.1. The molecule has 2 aromatic rings. The average Bonchev–Trinajstić information content (AvgIpc) is 2.47. The summed E-state index contributed by atoms with van der Waals surface area (Å²) in [5.74, 6) is -0.236. The summed E-state index contributed by atoms with van der Waals surface area (Å²) in [7, 11) is -3.38. The molecule has 0 fully saturated rings. The number of hydrogen-bond donors (Lipinski definition) is 1. The van der Waals surface area contributed by atoms with Gasteiger partial charge in [-0.3, -0.25) is 4.79 Å². The third-order valence-electron chi connectivity index (χ3n) is 3.36. The van der Waals surface area contributed by atoms with E-state index in [0.29, 0.717) is 5.69 Å². The lowest BCUT2D eigenvalue weighted by molar-refractivity contribution is -0.115. The molecule has 0 bridgehead atoms. The van der Waals surface area contributed by atoms with E-state index in [0.717, 1.165) is 18.2 Å². The number of carbonyl (C=O) groups excluding carboxylic acids is 1. The van der Waals surface area contributed by atoms with E-state index in [-0.39, 0.29) is 17.2 Å². The predicted octanol–water partition coefficient (Wildman–Crippen LogP) is 2.83. The van der Waals surface area contributed by atoms with Crippen molar-refractivity contribution in [1.29, 1.82) is 0 Å². The van der Waals surface area contributed by atoms with Gasteiger partial charge >= 0.3 is 0 Å². The van der Waals surface area contributed by atoms with E-state index < -0.39 is 9.84 Å². The first-order valence-corrected chi connectivity index (χ1v) is 8.96. The molecule has 5 heteroatoms. The monoisotopic (exact) mass is 317 g/mol. The highest BCUT2D eigenvalue weighted by Crippen LogP contribution is 2.20. The van der Waals surface area contributed by atoms with Crippen LogP contribution >= 0.6 is 0 Å². The van der Waals surface area contributed by atoms with Crippen LogP contribution in [0.15, 0.2) is 53.4 Å². The van der Waals surface area contributed by atoms with Crippen LogP contribution in [0.3, 0.4) is 0 Å². The van der Waals surface area contributed by atoms with Gasteiger partial charge in [0.15, 0.2) is 9.84 Å². The first-order valence-electron chi connectivity index (χ1n) is 7.07. The highest BCUT2D eigenvalue weighted by molar-refractivity contribution is 7.90. The number of para-hydroxylation sites is 1.